The first kappa shape index (κ1) is 24.8. The molecule has 0 aromatic heterocycles. The number of amides is 1. The maximum absolute atomic E-state index is 13.9. The number of carbonyl (C=O) groups excluding carboxylic acids is 1. The summed E-state index contributed by atoms with van der Waals surface area (Å²) in [6, 6.07) is 3.50. The van der Waals surface area contributed by atoms with Crippen LogP contribution in [0.5, 0.6) is 0 Å². The third kappa shape index (κ3) is 4.77. The number of rotatable bonds is 4. The molecule has 2 saturated heterocycles. The Morgan fingerprint density at radius 2 is 1.88 bits per heavy atom. The number of nitrogens with zero attached hydrogens (tertiary/aromatic N) is 1. The number of hydrogen-bond donors (Lipinski definition) is 2. The van der Waals surface area contributed by atoms with E-state index in [0.717, 1.165) is 18.2 Å². The van der Waals surface area contributed by atoms with Crippen molar-refractivity contribution in [3.63, 3.8) is 0 Å². The lowest BCUT2D eigenvalue weighted by Crippen LogP contribution is -2.58. The first-order chi connectivity index (χ1) is 15.9. The summed E-state index contributed by atoms with van der Waals surface area (Å²) in [7, 11) is -4.19. The number of halogens is 6. The summed E-state index contributed by atoms with van der Waals surface area (Å²) in [5.74, 6) is -2.61. The van der Waals surface area contributed by atoms with Crippen molar-refractivity contribution in [1.29, 1.82) is 0 Å². The van der Waals surface area contributed by atoms with Crippen molar-refractivity contribution in [3.05, 3.63) is 64.2 Å². The molecule has 2 aliphatic heterocycles. The zero-order valence-corrected chi connectivity index (χ0v) is 18.9. The Balaban J connectivity index is 1.53. The minimum absolute atomic E-state index is 0.184. The van der Waals surface area contributed by atoms with E-state index in [4.69, 9.17) is 11.6 Å². The molecule has 6 nitrogen and oxygen atoms in total. The second-order valence-corrected chi connectivity index (χ2v) is 10.6. The Labute approximate surface area is 197 Å². The fourth-order valence-electron chi connectivity index (χ4n) is 4.39. The summed E-state index contributed by atoms with van der Waals surface area (Å²) in [5.41, 5.74) is -1.41. The highest BCUT2D eigenvalue weighted by atomic mass is 35.5. The smallest absolute Gasteiger partial charge is 0.348 e. The summed E-state index contributed by atoms with van der Waals surface area (Å²) in [5, 5.41) is 3.82. The Morgan fingerprint density at radius 1 is 1.15 bits per heavy atom. The molecule has 2 fully saturated rings. The third-order valence-electron chi connectivity index (χ3n) is 5.95. The van der Waals surface area contributed by atoms with Crippen LogP contribution in [0.1, 0.15) is 22.3 Å². The first-order valence-corrected chi connectivity index (χ1v) is 12.1. The molecule has 3 atom stereocenters. The van der Waals surface area contributed by atoms with Crippen LogP contribution in [0.25, 0.3) is 0 Å². The van der Waals surface area contributed by atoms with E-state index in [-0.39, 0.29) is 25.1 Å². The van der Waals surface area contributed by atoms with Crippen LogP contribution in [0.15, 0.2) is 41.3 Å². The maximum Gasteiger partial charge on any atom is 0.416 e. The number of carbonyl (C=O) groups is 1. The van der Waals surface area contributed by atoms with Crippen LogP contribution in [-0.4, -0.2) is 56.3 Å². The molecule has 2 N–H and O–H groups in total. The van der Waals surface area contributed by atoms with Gasteiger partial charge in [-0.15, -0.1) is 0 Å². The minimum Gasteiger partial charge on any atom is -0.348 e. The average Bonchev–Trinajstić information content (AvgIpc) is 3.14. The van der Waals surface area contributed by atoms with Crippen molar-refractivity contribution < 1.29 is 35.2 Å². The number of fused-ring (bicyclic) bond motifs is 1. The van der Waals surface area contributed by atoms with Crippen molar-refractivity contribution in [3.8, 4) is 0 Å². The Morgan fingerprint density at radius 3 is 2.53 bits per heavy atom. The molecular formula is C21H19ClF5N3O3S. The summed E-state index contributed by atoms with van der Waals surface area (Å²) < 4.78 is 92.5. The Kier molecular flexibility index (Phi) is 6.62. The molecule has 2 aliphatic rings. The molecule has 0 radical (unpaired) electrons. The van der Waals surface area contributed by atoms with E-state index in [9.17, 15) is 35.2 Å². The summed E-state index contributed by atoms with van der Waals surface area (Å²) in [6.45, 7) is 1.04. The minimum atomic E-state index is -4.67. The maximum atomic E-state index is 13.9. The van der Waals surface area contributed by atoms with Crippen molar-refractivity contribution >= 4 is 27.3 Å². The lowest BCUT2D eigenvalue weighted by Gasteiger charge is -2.36. The molecule has 2 aromatic carbocycles. The molecule has 1 unspecified atom stereocenters. The Bertz CT molecular complexity index is 1220. The molecule has 13 heteroatoms. The van der Waals surface area contributed by atoms with E-state index in [0.29, 0.717) is 24.7 Å². The third-order valence-corrected chi connectivity index (χ3v) is 8.50. The topological polar surface area (TPSA) is 78.5 Å². The molecule has 184 valence electrons. The van der Waals surface area contributed by atoms with Crippen LogP contribution in [0.2, 0.25) is 5.02 Å². The van der Waals surface area contributed by atoms with Gasteiger partial charge in [-0.05, 0) is 36.8 Å². The number of sulfone groups is 1. The predicted octanol–water partition coefficient (Wildman–Crippen LogP) is 3.21. The number of piperazine rings is 1. The molecule has 0 bridgehead atoms. The van der Waals surface area contributed by atoms with E-state index in [2.05, 4.69) is 10.6 Å². The van der Waals surface area contributed by atoms with Gasteiger partial charge in [0.1, 0.15) is 17.0 Å². The zero-order valence-electron chi connectivity index (χ0n) is 17.4. The van der Waals surface area contributed by atoms with Gasteiger partial charge in [0.25, 0.3) is 5.91 Å². The SMILES string of the molecule is O=C(N[C@H]1C[C@H]2C(S(=O)(=O)c3ccc(C(F)(F)F)cc3Cl)NCCN2C1)c1ccc(F)cc1F. The number of benzene rings is 2. The van der Waals surface area contributed by atoms with Gasteiger partial charge in [0.2, 0.25) is 0 Å². The van der Waals surface area contributed by atoms with Gasteiger partial charge in [0.15, 0.2) is 9.84 Å². The molecule has 0 aliphatic carbocycles. The van der Waals surface area contributed by atoms with Crippen LogP contribution >= 0.6 is 11.6 Å². The average molecular weight is 524 g/mol. The fraction of sp³-hybridized carbons (Fsp3) is 0.381. The highest BCUT2D eigenvalue weighted by Gasteiger charge is 2.46. The molecule has 0 saturated carbocycles. The van der Waals surface area contributed by atoms with Crippen LogP contribution in [-0.2, 0) is 16.0 Å². The van der Waals surface area contributed by atoms with Gasteiger partial charge >= 0.3 is 6.18 Å². The van der Waals surface area contributed by atoms with Gasteiger partial charge in [0.05, 0.1) is 21.0 Å². The first-order valence-electron chi connectivity index (χ1n) is 10.2. The van der Waals surface area contributed by atoms with Crippen LogP contribution in [0.4, 0.5) is 22.0 Å². The van der Waals surface area contributed by atoms with Crippen molar-refractivity contribution in [1.82, 2.24) is 15.5 Å². The van der Waals surface area contributed by atoms with Crippen LogP contribution in [0, 0.1) is 11.6 Å². The quantitative estimate of drug-likeness (QED) is 0.602. The molecule has 2 heterocycles. The summed E-state index contributed by atoms with van der Waals surface area (Å²) >= 11 is 5.93. The van der Waals surface area contributed by atoms with E-state index in [1.54, 1.807) is 0 Å². The monoisotopic (exact) mass is 523 g/mol. The highest BCUT2D eigenvalue weighted by Crippen LogP contribution is 2.36. The molecule has 1 amide bonds. The van der Waals surface area contributed by atoms with Crippen LogP contribution < -0.4 is 10.6 Å². The molecule has 4 rings (SSSR count). The fourth-order valence-corrected chi connectivity index (χ4v) is 6.79. The predicted molar refractivity (Wildman–Crippen MR) is 113 cm³/mol. The molecule has 0 spiro atoms. The molecular weight excluding hydrogens is 505 g/mol. The lowest BCUT2D eigenvalue weighted by atomic mass is 10.1. The summed E-state index contributed by atoms with van der Waals surface area (Å²) in [4.78, 5) is 13.9. The van der Waals surface area contributed by atoms with Gasteiger partial charge in [-0.3, -0.25) is 15.0 Å². The zero-order chi connectivity index (χ0) is 24.8. The van der Waals surface area contributed by atoms with Crippen molar-refractivity contribution in [2.24, 2.45) is 0 Å². The second kappa shape index (κ2) is 9.06. The van der Waals surface area contributed by atoms with E-state index < -0.39 is 66.5 Å². The van der Waals surface area contributed by atoms with Crippen molar-refractivity contribution in [2.45, 2.75) is 35.0 Å². The van der Waals surface area contributed by atoms with Gasteiger partial charge in [-0.25, -0.2) is 17.2 Å². The van der Waals surface area contributed by atoms with E-state index in [1.807, 2.05) is 4.90 Å². The van der Waals surface area contributed by atoms with Gasteiger partial charge in [-0.1, -0.05) is 11.6 Å². The number of nitrogens with one attached hydrogen (secondary N) is 2. The normalized spacial score (nSPS) is 23.5. The number of alkyl halides is 3. The largest absolute Gasteiger partial charge is 0.416 e. The van der Waals surface area contributed by atoms with Gasteiger partial charge in [0, 0.05) is 37.8 Å². The molecule has 34 heavy (non-hydrogen) atoms. The summed E-state index contributed by atoms with van der Waals surface area (Å²) in [6.07, 6.45) is -4.49. The Hall–Kier alpha value is -2.28. The van der Waals surface area contributed by atoms with Gasteiger partial charge in [-0.2, -0.15) is 13.2 Å². The van der Waals surface area contributed by atoms with Gasteiger partial charge < -0.3 is 5.32 Å². The second-order valence-electron chi connectivity index (χ2n) is 8.16. The highest BCUT2D eigenvalue weighted by molar-refractivity contribution is 7.92. The molecule has 2 aromatic rings. The van der Waals surface area contributed by atoms with E-state index in [1.165, 1.54) is 0 Å². The van der Waals surface area contributed by atoms with Crippen LogP contribution in [0.3, 0.4) is 0 Å². The lowest BCUT2D eigenvalue weighted by molar-refractivity contribution is -0.137. The van der Waals surface area contributed by atoms with E-state index >= 15 is 0 Å². The number of hydrogen-bond acceptors (Lipinski definition) is 5. The standard InChI is InChI=1S/C21H19ClF5N3O3S/c22-15-7-11(21(25,26)27)1-4-18(15)34(32,33)20-17-9-13(10-30(17)6-5-28-20)29-19(31)14-3-2-12(23)8-16(14)24/h1-4,7-8,13,17,20,28H,5-6,9-10H2,(H,29,31)/t13-,17-,20?/m0/s1. The van der Waals surface area contributed by atoms with Crippen molar-refractivity contribution in [2.75, 3.05) is 19.6 Å².